The number of halogens is 1. The van der Waals surface area contributed by atoms with Crippen LogP contribution in [0.25, 0.3) is 0 Å². The van der Waals surface area contributed by atoms with E-state index in [-0.39, 0.29) is 5.82 Å². The van der Waals surface area contributed by atoms with Crippen molar-refractivity contribution in [2.75, 3.05) is 26.7 Å². The third-order valence-electron chi connectivity index (χ3n) is 2.76. The molecule has 3 heteroatoms. The van der Waals surface area contributed by atoms with Gasteiger partial charge in [-0.1, -0.05) is 32.0 Å². The number of hydrogen-bond donors (Lipinski definition) is 1. The minimum Gasteiger partial charge on any atom is -0.317 e. The zero-order valence-corrected chi connectivity index (χ0v) is 11.0. The third-order valence-corrected chi connectivity index (χ3v) is 2.76. The van der Waals surface area contributed by atoms with Gasteiger partial charge in [-0.15, -0.1) is 0 Å². The molecule has 1 aromatic carbocycles. The molecule has 1 rings (SSSR count). The third kappa shape index (κ3) is 5.29. The Hall–Kier alpha value is -0.930. The molecule has 1 atom stereocenters. The van der Waals surface area contributed by atoms with Gasteiger partial charge in [0, 0.05) is 18.7 Å². The molecule has 0 heterocycles. The Balaban J connectivity index is 2.39. The fourth-order valence-corrected chi connectivity index (χ4v) is 1.97. The number of hydrogen-bond acceptors (Lipinski definition) is 2. The summed E-state index contributed by atoms with van der Waals surface area (Å²) in [7, 11) is 2.04. The normalized spacial score (nSPS) is 13.0. The summed E-state index contributed by atoms with van der Waals surface area (Å²) in [4.78, 5) is 2.17. The average Bonchev–Trinajstić information content (AvgIpc) is 2.29. The van der Waals surface area contributed by atoms with Crippen LogP contribution in [0.2, 0.25) is 0 Å². The summed E-state index contributed by atoms with van der Waals surface area (Å²) in [6.07, 6.45) is 0. The van der Waals surface area contributed by atoms with Gasteiger partial charge in [0.2, 0.25) is 0 Å². The van der Waals surface area contributed by atoms with Crippen molar-refractivity contribution in [1.82, 2.24) is 10.2 Å². The second-order valence-electron chi connectivity index (χ2n) is 4.70. The van der Waals surface area contributed by atoms with Gasteiger partial charge in [-0.25, -0.2) is 4.39 Å². The lowest BCUT2D eigenvalue weighted by Gasteiger charge is -2.21. The Morgan fingerprint density at radius 3 is 2.71 bits per heavy atom. The first kappa shape index (κ1) is 14.1. The molecule has 96 valence electrons. The highest BCUT2D eigenvalue weighted by Gasteiger charge is 2.08. The predicted octanol–water partition coefficient (Wildman–Crippen LogP) is 2.50. The van der Waals surface area contributed by atoms with Crippen molar-refractivity contribution in [3.63, 3.8) is 0 Å². The molecular weight excluding hydrogens is 215 g/mol. The summed E-state index contributed by atoms with van der Waals surface area (Å²) < 4.78 is 13.5. The molecule has 0 aliphatic heterocycles. The molecule has 0 saturated carbocycles. The number of nitrogens with one attached hydrogen (secondary N) is 1. The lowest BCUT2D eigenvalue weighted by molar-refractivity contribution is 0.271. The Morgan fingerprint density at radius 2 is 2.06 bits per heavy atom. The summed E-state index contributed by atoms with van der Waals surface area (Å²) in [6, 6.07) is 6.98. The van der Waals surface area contributed by atoms with Crippen molar-refractivity contribution >= 4 is 0 Å². The van der Waals surface area contributed by atoms with E-state index in [0.717, 1.165) is 25.2 Å². The van der Waals surface area contributed by atoms with Gasteiger partial charge in [0.15, 0.2) is 0 Å². The van der Waals surface area contributed by atoms with Gasteiger partial charge in [0.05, 0.1) is 0 Å². The van der Waals surface area contributed by atoms with E-state index in [0.29, 0.717) is 12.5 Å². The van der Waals surface area contributed by atoms with Gasteiger partial charge < -0.3 is 10.2 Å². The topological polar surface area (TPSA) is 15.3 Å². The van der Waals surface area contributed by atoms with Crippen molar-refractivity contribution in [3.8, 4) is 0 Å². The first-order valence-corrected chi connectivity index (χ1v) is 6.26. The highest BCUT2D eigenvalue weighted by atomic mass is 19.1. The maximum absolute atomic E-state index is 13.5. The molecule has 0 bridgehead atoms. The van der Waals surface area contributed by atoms with E-state index in [1.165, 1.54) is 6.07 Å². The molecular formula is C14H23FN2. The van der Waals surface area contributed by atoms with Gasteiger partial charge in [-0.3, -0.25) is 0 Å². The molecule has 2 nitrogen and oxygen atoms in total. The molecule has 0 aliphatic carbocycles. The molecule has 0 aromatic heterocycles. The van der Waals surface area contributed by atoms with Crippen molar-refractivity contribution < 1.29 is 4.39 Å². The quantitative estimate of drug-likeness (QED) is 0.785. The van der Waals surface area contributed by atoms with Gasteiger partial charge >= 0.3 is 0 Å². The van der Waals surface area contributed by atoms with Gasteiger partial charge in [0.1, 0.15) is 5.82 Å². The number of benzene rings is 1. The summed E-state index contributed by atoms with van der Waals surface area (Å²) in [5.41, 5.74) is 0.769. The molecule has 0 radical (unpaired) electrons. The summed E-state index contributed by atoms with van der Waals surface area (Å²) >= 11 is 0. The second-order valence-corrected chi connectivity index (χ2v) is 4.70. The highest BCUT2D eigenvalue weighted by Crippen LogP contribution is 2.09. The van der Waals surface area contributed by atoms with E-state index in [9.17, 15) is 4.39 Å². The Kier molecular flexibility index (Phi) is 6.16. The first-order valence-electron chi connectivity index (χ1n) is 6.26. The largest absolute Gasteiger partial charge is 0.317 e. The van der Waals surface area contributed by atoms with Crippen LogP contribution in [-0.2, 0) is 6.54 Å². The van der Waals surface area contributed by atoms with E-state index < -0.39 is 0 Å². The van der Waals surface area contributed by atoms with Crippen LogP contribution in [0.5, 0.6) is 0 Å². The standard InChI is InChI=1S/C14H23FN2/c1-4-16-9-12(2)10-17(3)11-13-7-5-6-8-14(13)15/h5-8,12,16H,4,9-11H2,1-3H3. The van der Waals surface area contributed by atoms with Crippen molar-refractivity contribution in [3.05, 3.63) is 35.6 Å². The number of nitrogens with zero attached hydrogens (tertiary/aromatic N) is 1. The fourth-order valence-electron chi connectivity index (χ4n) is 1.97. The molecule has 0 amide bonds. The highest BCUT2D eigenvalue weighted by molar-refractivity contribution is 5.16. The summed E-state index contributed by atoms with van der Waals surface area (Å²) in [5.74, 6) is 0.463. The van der Waals surface area contributed by atoms with Gasteiger partial charge in [-0.2, -0.15) is 0 Å². The summed E-state index contributed by atoms with van der Waals surface area (Å²) in [6.45, 7) is 7.97. The van der Waals surface area contributed by atoms with Crippen LogP contribution in [0, 0.1) is 11.7 Å². The molecule has 17 heavy (non-hydrogen) atoms. The Bertz CT molecular complexity index is 328. The Morgan fingerprint density at radius 1 is 1.35 bits per heavy atom. The molecule has 0 fully saturated rings. The van der Waals surface area contributed by atoms with Crippen molar-refractivity contribution in [2.45, 2.75) is 20.4 Å². The van der Waals surface area contributed by atoms with E-state index in [2.05, 4.69) is 24.1 Å². The molecule has 1 N–H and O–H groups in total. The molecule has 0 saturated heterocycles. The molecule has 0 aliphatic rings. The smallest absolute Gasteiger partial charge is 0.127 e. The van der Waals surface area contributed by atoms with Crippen LogP contribution in [-0.4, -0.2) is 31.6 Å². The fraction of sp³-hybridized carbons (Fsp3) is 0.571. The number of rotatable bonds is 7. The molecule has 0 spiro atoms. The van der Waals surface area contributed by atoms with E-state index in [1.54, 1.807) is 6.07 Å². The minimum atomic E-state index is -0.112. The van der Waals surface area contributed by atoms with Crippen LogP contribution in [0.3, 0.4) is 0 Å². The monoisotopic (exact) mass is 238 g/mol. The van der Waals surface area contributed by atoms with Gasteiger partial charge in [0.25, 0.3) is 0 Å². The maximum Gasteiger partial charge on any atom is 0.127 e. The lowest BCUT2D eigenvalue weighted by atomic mass is 10.1. The second kappa shape index (κ2) is 7.41. The van der Waals surface area contributed by atoms with Crippen LogP contribution >= 0.6 is 0 Å². The maximum atomic E-state index is 13.5. The Labute approximate surface area is 104 Å². The zero-order valence-electron chi connectivity index (χ0n) is 11.0. The van der Waals surface area contributed by atoms with Crippen LogP contribution in [0.1, 0.15) is 19.4 Å². The van der Waals surface area contributed by atoms with Crippen LogP contribution < -0.4 is 5.32 Å². The lowest BCUT2D eigenvalue weighted by Crippen LogP contribution is -2.30. The molecule has 1 unspecified atom stereocenters. The average molecular weight is 238 g/mol. The van der Waals surface area contributed by atoms with E-state index >= 15 is 0 Å². The first-order chi connectivity index (χ1) is 8.13. The predicted molar refractivity (Wildman–Crippen MR) is 70.4 cm³/mol. The van der Waals surface area contributed by atoms with Gasteiger partial charge in [-0.05, 0) is 32.1 Å². The SMILES string of the molecule is CCNCC(C)CN(C)Cc1ccccc1F. The van der Waals surface area contributed by atoms with Crippen molar-refractivity contribution in [1.29, 1.82) is 0 Å². The van der Waals surface area contributed by atoms with E-state index in [1.807, 2.05) is 19.2 Å². The minimum absolute atomic E-state index is 0.112. The van der Waals surface area contributed by atoms with Crippen LogP contribution in [0.4, 0.5) is 4.39 Å². The summed E-state index contributed by atoms with van der Waals surface area (Å²) in [5, 5.41) is 3.33. The molecule has 1 aromatic rings. The van der Waals surface area contributed by atoms with E-state index in [4.69, 9.17) is 0 Å². The van der Waals surface area contributed by atoms with Crippen LogP contribution in [0.15, 0.2) is 24.3 Å². The van der Waals surface area contributed by atoms with Crippen molar-refractivity contribution in [2.24, 2.45) is 5.92 Å². The zero-order chi connectivity index (χ0) is 12.7.